The van der Waals surface area contributed by atoms with Crippen LogP contribution in [0.4, 0.5) is 0 Å². The molecule has 0 aromatic carbocycles. The van der Waals surface area contributed by atoms with E-state index in [-0.39, 0.29) is 17.3 Å². The Labute approximate surface area is 96.0 Å². The smallest absolute Gasteiger partial charge is 0.356 e. The van der Waals surface area contributed by atoms with Gasteiger partial charge < -0.3 is 5.11 Å². The fraction of sp³-hybridized carbons (Fsp3) is 0.100. The molecule has 7 nitrogen and oxygen atoms in total. The Morgan fingerprint density at radius 3 is 2.88 bits per heavy atom. The Morgan fingerprint density at radius 2 is 2.29 bits per heavy atom. The first kappa shape index (κ1) is 10.8. The number of aromatic carboxylic acids is 1. The van der Waals surface area contributed by atoms with Gasteiger partial charge in [-0.3, -0.25) is 4.57 Å². The van der Waals surface area contributed by atoms with Gasteiger partial charge in [-0.05, 0) is 13.0 Å². The van der Waals surface area contributed by atoms with Crippen molar-refractivity contribution >= 4 is 5.97 Å². The van der Waals surface area contributed by atoms with E-state index in [9.17, 15) is 4.79 Å². The van der Waals surface area contributed by atoms with Crippen molar-refractivity contribution in [2.24, 2.45) is 0 Å². The van der Waals surface area contributed by atoms with Crippen molar-refractivity contribution < 1.29 is 9.90 Å². The maximum Gasteiger partial charge on any atom is 0.356 e. The monoisotopic (exact) mass is 229 g/mol. The number of hydrogen-bond donors (Lipinski definition) is 1. The van der Waals surface area contributed by atoms with Crippen molar-refractivity contribution in [1.29, 1.82) is 5.26 Å². The molecule has 0 bridgehead atoms. The fourth-order valence-corrected chi connectivity index (χ4v) is 1.27. The van der Waals surface area contributed by atoms with Crippen LogP contribution < -0.4 is 0 Å². The van der Waals surface area contributed by atoms with Crippen molar-refractivity contribution in [3.63, 3.8) is 0 Å². The van der Waals surface area contributed by atoms with Crippen LogP contribution in [0.15, 0.2) is 18.6 Å². The van der Waals surface area contributed by atoms with Gasteiger partial charge in [-0.2, -0.15) is 5.26 Å². The van der Waals surface area contributed by atoms with Crippen LogP contribution in [0.3, 0.4) is 0 Å². The number of aryl methyl sites for hydroxylation is 1. The van der Waals surface area contributed by atoms with Crippen molar-refractivity contribution in [3.05, 3.63) is 35.7 Å². The molecule has 7 heteroatoms. The minimum atomic E-state index is -1.13. The van der Waals surface area contributed by atoms with Gasteiger partial charge in [-0.25, -0.2) is 19.7 Å². The van der Waals surface area contributed by atoms with Gasteiger partial charge >= 0.3 is 5.97 Å². The highest BCUT2D eigenvalue weighted by molar-refractivity contribution is 5.85. The maximum atomic E-state index is 10.7. The largest absolute Gasteiger partial charge is 0.476 e. The quantitative estimate of drug-likeness (QED) is 0.805. The second kappa shape index (κ2) is 4.02. The van der Waals surface area contributed by atoms with Crippen molar-refractivity contribution in [1.82, 2.24) is 19.5 Å². The lowest BCUT2D eigenvalue weighted by Gasteiger charge is -2.01. The molecule has 0 atom stereocenters. The number of imidazole rings is 1. The summed E-state index contributed by atoms with van der Waals surface area (Å²) < 4.78 is 1.36. The molecule has 84 valence electrons. The summed E-state index contributed by atoms with van der Waals surface area (Å²) in [7, 11) is 0. The predicted molar refractivity (Wildman–Crippen MR) is 55.6 cm³/mol. The lowest BCUT2D eigenvalue weighted by molar-refractivity contribution is 0.0691. The Kier molecular flexibility index (Phi) is 2.54. The Balaban J connectivity index is 2.49. The summed E-state index contributed by atoms with van der Waals surface area (Å²) in [4.78, 5) is 22.4. The van der Waals surface area contributed by atoms with Crippen LogP contribution in [-0.4, -0.2) is 30.6 Å². The second-order valence-corrected chi connectivity index (χ2v) is 3.28. The van der Waals surface area contributed by atoms with E-state index in [1.54, 1.807) is 13.0 Å². The molecule has 0 spiro atoms. The highest BCUT2D eigenvalue weighted by Gasteiger charge is 2.10. The van der Waals surface area contributed by atoms with Gasteiger partial charge in [0, 0.05) is 11.9 Å². The maximum absolute atomic E-state index is 10.7. The molecule has 2 aromatic rings. The summed E-state index contributed by atoms with van der Waals surface area (Å²) in [5.41, 5.74) is 0.740. The molecule has 1 N–H and O–H groups in total. The van der Waals surface area contributed by atoms with Crippen LogP contribution in [0, 0.1) is 18.3 Å². The molecule has 2 aromatic heterocycles. The SMILES string of the molecule is Cc1cc(C#N)nc(-n2cnc(C(=O)O)c2)n1. The zero-order valence-electron chi connectivity index (χ0n) is 8.82. The summed E-state index contributed by atoms with van der Waals surface area (Å²) in [6.07, 6.45) is 2.58. The highest BCUT2D eigenvalue weighted by atomic mass is 16.4. The van der Waals surface area contributed by atoms with E-state index in [2.05, 4.69) is 15.0 Å². The molecule has 0 aliphatic rings. The van der Waals surface area contributed by atoms with Gasteiger partial charge in [0.05, 0.1) is 0 Å². The zero-order chi connectivity index (χ0) is 12.4. The van der Waals surface area contributed by atoms with Gasteiger partial charge in [0.2, 0.25) is 5.95 Å². The number of carbonyl (C=O) groups is 1. The molecule has 0 aliphatic carbocycles. The van der Waals surface area contributed by atoms with E-state index >= 15 is 0 Å². The molecule has 2 rings (SSSR count). The summed E-state index contributed by atoms with van der Waals surface area (Å²) >= 11 is 0. The first-order chi connectivity index (χ1) is 8.10. The molecule has 0 amide bonds. The predicted octanol–water partition coefficient (Wildman–Crippen LogP) is 0.541. The highest BCUT2D eigenvalue weighted by Crippen LogP contribution is 2.06. The lowest BCUT2D eigenvalue weighted by atomic mass is 10.3. The first-order valence-corrected chi connectivity index (χ1v) is 4.63. The molecule has 17 heavy (non-hydrogen) atoms. The molecule has 0 saturated carbocycles. The Morgan fingerprint density at radius 1 is 1.53 bits per heavy atom. The van der Waals surface area contributed by atoms with Gasteiger partial charge in [-0.15, -0.1) is 0 Å². The van der Waals surface area contributed by atoms with Crippen molar-refractivity contribution in [3.8, 4) is 12.0 Å². The summed E-state index contributed by atoms with van der Waals surface area (Å²) in [5.74, 6) is -0.904. The van der Waals surface area contributed by atoms with E-state index < -0.39 is 5.97 Å². The van der Waals surface area contributed by atoms with E-state index in [0.717, 1.165) is 0 Å². The molecule has 0 unspecified atom stereocenters. The fourth-order valence-electron chi connectivity index (χ4n) is 1.27. The van der Waals surface area contributed by atoms with Crippen molar-refractivity contribution in [2.75, 3.05) is 0 Å². The van der Waals surface area contributed by atoms with Crippen LogP contribution in [0.1, 0.15) is 21.9 Å². The van der Waals surface area contributed by atoms with E-state index in [1.165, 1.54) is 17.1 Å². The van der Waals surface area contributed by atoms with Crippen LogP contribution in [0.2, 0.25) is 0 Å². The third-order valence-electron chi connectivity index (χ3n) is 1.99. The molecule has 0 aliphatic heterocycles. The molecular weight excluding hydrogens is 222 g/mol. The van der Waals surface area contributed by atoms with Crippen LogP contribution in [0.25, 0.3) is 5.95 Å². The number of carboxylic acids is 1. The van der Waals surface area contributed by atoms with Crippen LogP contribution in [-0.2, 0) is 0 Å². The van der Waals surface area contributed by atoms with Gasteiger partial charge in [0.1, 0.15) is 18.1 Å². The lowest BCUT2D eigenvalue weighted by Crippen LogP contribution is -2.02. The Bertz CT molecular complexity index is 626. The average Bonchev–Trinajstić information content (AvgIpc) is 2.77. The zero-order valence-corrected chi connectivity index (χ0v) is 8.82. The number of hydrogen-bond acceptors (Lipinski definition) is 5. The number of aromatic nitrogens is 4. The molecule has 0 radical (unpaired) electrons. The van der Waals surface area contributed by atoms with E-state index in [0.29, 0.717) is 5.69 Å². The molecule has 2 heterocycles. The molecular formula is C10H7N5O2. The molecule has 0 saturated heterocycles. The normalized spacial score (nSPS) is 9.88. The number of rotatable bonds is 2. The Hall–Kier alpha value is -2.75. The van der Waals surface area contributed by atoms with Crippen LogP contribution >= 0.6 is 0 Å². The third kappa shape index (κ3) is 2.10. The number of nitriles is 1. The minimum absolute atomic E-state index is 0.103. The number of carboxylic acid groups (broad SMARTS) is 1. The average molecular weight is 229 g/mol. The van der Waals surface area contributed by atoms with Crippen molar-refractivity contribution in [2.45, 2.75) is 6.92 Å². The van der Waals surface area contributed by atoms with Gasteiger partial charge in [0.25, 0.3) is 0 Å². The standard InChI is InChI=1S/C10H7N5O2/c1-6-2-7(3-11)14-10(13-6)15-4-8(9(16)17)12-5-15/h2,4-5H,1H3,(H,16,17). The third-order valence-corrected chi connectivity index (χ3v) is 1.99. The summed E-state index contributed by atoms with van der Waals surface area (Å²) in [6.45, 7) is 1.72. The minimum Gasteiger partial charge on any atom is -0.476 e. The first-order valence-electron chi connectivity index (χ1n) is 4.63. The summed E-state index contributed by atoms with van der Waals surface area (Å²) in [6, 6.07) is 3.45. The van der Waals surface area contributed by atoms with E-state index in [4.69, 9.17) is 10.4 Å². The second-order valence-electron chi connectivity index (χ2n) is 3.28. The number of nitrogens with zero attached hydrogens (tertiary/aromatic N) is 5. The topological polar surface area (TPSA) is 105 Å². The van der Waals surface area contributed by atoms with Crippen LogP contribution in [0.5, 0.6) is 0 Å². The van der Waals surface area contributed by atoms with Gasteiger partial charge in [-0.1, -0.05) is 0 Å². The van der Waals surface area contributed by atoms with Gasteiger partial charge in [0.15, 0.2) is 5.69 Å². The van der Waals surface area contributed by atoms with E-state index in [1.807, 2.05) is 6.07 Å². The molecule has 0 fully saturated rings. The summed E-state index contributed by atoms with van der Waals surface area (Å²) in [5, 5.41) is 17.5.